The summed E-state index contributed by atoms with van der Waals surface area (Å²) in [5.41, 5.74) is 0. The van der Waals surface area contributed by atoms with Crippen LogP contribution in [0.25, 0.3) is 0 Å². The molecule has 0 aliphatic rings. The molecule has 0 bridgehead atoms. The fourth-order valence-electron chi connectivity index (χ4n) is 4.81. The van der Waals surface area contributed by atoms with E-state index in [0.29, 0.717) is 10.9 Å². The van der Waals surface area contributed by atoms with Gasteiger partial charge in [0, 0.05) is 12.8 Å². The molecule has 0 saturated heterocycles. The Balaban J connectivity index is 3.54. The lowest BCUT2D eigenvalue weighted by atomic mass is 10.0. The van der Waals surface area contributed by atoms with E-state index in [-0.39, 0.29) is 0 Å². The highest BCUT2D eigenvalue weighted by molar-refractivity contribution is 7.38. The van der Waals surface area contributed by atoms with Crippen LogP contribution in [0.4, 0.5) is 0 Å². The van der Waals surface area contributed by atoms with Gasteiger partial charge in [-0.15, -0.1) is 0 Å². The maximum absolute atomic E-state index is 11.9. The van der Waals surface area contributed by atoms with Crippen molar-refractivity contribution in [1.82, 2.24) is 0 Å². The first kappa shape index (κ1) is 31.8. The second kappa shape index (κ2) is 20.2. The van der Waals surface area contributed by atoms with E-state index < -0.39 is 13.3 Å². The monoisotopic (exact) mass is 470 g/mol. The molecule has 0 fully saturated rings. The minimum Gasteiger partial charge on any atom is -0.590 e. The van der Waals surface area contributed by atoms with Gasteiger partial charge in [-0.05, 0) is 32.1 Å². The topological polar surface area (TPSA) is 40.1 Å². The molecule has 32 heavy (non-hydrogen) atoms. The Morgan fingerprint density at radius 1 is 0.656 bits per heavy atom. The largest absolute Gasteiger partial charge is 0.590 e. The SMILES string of the molecule is CCCCCCCCCCCCCCCC/C=C\CCCCC(CC)([P+](=O)[O-])[N+](C)(C)C. The van der Waals surface area contributed by atoms with Crippen LogP contribution in [0.1, 0.15) is 142 Å². The zero-order valence-electron chi connectivity index (χ0n) is 22.5. The van der Waals surface area contributed by atoms with Gasteiger partial charge in [0.1, 0.15) is 0 Å². The Morgan fingerprint density at radius 2 is 1.03 bits per heavy atom. The molecule has 3 nitrogen and oxygen atoms in total. The van der Waals surface area contributed by atoms with Crippen molar-refractivity contribution in [2.24, 2.45) is 0 Å². The lowest BCUT2D eigenvalue weighted by Gasteiger charge is -2.39. The van der Waals surface area contributed by atoms with Crippen molar-refractivity contribution in [3.8, 4) is 0 Å². The van der Waals surface area contributed by atoms with Gasteiger partial charge in [0.05, 0.1) is 21.1 Å². The average molecular weight is 471 g/mol. The highest BCUT2D eigenvalue weighted by atomic mass is 31.1. The summed E-state index contributed by atoms with van der Waals surface area (Å²) in [6.07, 6.45) is 30.2. The molecule has 0 amide bonds. The lowest BCUT2D eigenvalue weighted by molar-refractivity contribution is -0.910. The molecule has 2 unspecified atom stereocenters. The van der Waals surface area contributed by atoms with Gasteiger partial charge in [0.25, 0.3) is 5.28 Å². The molecular weight excluding hydrogens is 413 g/mol. The van der Waals surface area contributed by atoms with Crippen molar-refractivity contribution in [2.75, 3.05) is 21.1 Å². The highest BCUT2D eigenvalue weighted by Gasteiger charge is 2.52. The van der Waals surface area contributed by atoms with E-state index in [1.165, 1.54) is 96.3 Å². The molecule has 0 saturated carbocycles. The first-order chi connectivity index (χ1) is 15.3. The lowest BCUT2D eigenvalue weighted by Crippen LogP contribution is -2.55. The molecule has 0 aromatic heterocycles. The van der Waals surface area contributed by atoms with Crippen LogP contribution in [-0.2, 0) is 4.57 Å². The average Bonchev–Trinajstić information content (AvgIpc) is 2.74. The van der Waals surface area contributed by atoms with Crippen LogP contribution in [0.5, 0.6) is 0 Å². The third-order valence-corrected chi connectivity index (χ3v) is 9.06. The first-order valence-corrected chi connectivity index (χ1v) is 15.1. The van der Waals surface area contributed by atoms with E-state index in [1.54, 1.807) is 0 Å². The summed E-state index contributed by atoms with van der Waals surface area (Å²) >= 11 is 0. The van der Waals surface area contributed by atoms with Crippen LogP contribution in [0.3, 0.4) is 0 Å². The van der Waals surface area contributed by atoms with Crippen molar-refractivity contribution < 1.29 is 13.9 Å². The number of quaternary nitrogens is 1. The third kappa shape index (κ3) is 14.8. The predicted octanol–water partition coefficient (Wildman–Crippen LogP) is 8.89. The molecule has 190 valence electrons. The number of nitrogens with zero attached hydrogens (tertiary/aromatic N) is 1. The second-order valence-electron chi connectivity index (χ2n) is 10.7. The normalized spacial score (nSPS) is 14.8. The molecule has 0 aliphatic heterocycles. The fraction of sp³-hybridized carbons (Fsp3) is 0.929. The third-order valence-electron chi connectivity index (χ3n) is 7.24. The Bertz CT molecular complexity index is 473. The summed E-state index contributed by atoms with van der Waals surface area (Å²) in [6, 6.07) is 0. The fourth-order valence-corrected chi connectivity index (χ4v) is 5.90. The van der Waals surface area contributed by atoms with Gasteiger partial charge in [0.2, 0.25) is 0 Å². The Hall–Kier alpha value is -0.240. The maximum atomic E-state index is 11.9. The minimum absolute atomic E-state index is 0.497. The van der Waals surface area contributed by atoms with Gasteiger partial charge in [0.15, 0.2) is 0 Å². The molecular formula is C28H57NO2P+. The van der Waals surface area contributed by atoms with Crippen LogP contribution >= 0.6 is 8.03 Å². The number of rotatable bonds is 23. The van der Waals surface area contributed by atoms with Gasteiger partial charge < -0.3 is 4.89 Å². The Kier molecular flexibility index (Phi) is 20.0. The summed E-state index contributed by atoms with van der Waals surface area (Å²) in [4.78, 5) is 11.9. The molecule has 0 N–H and O–H groups in total. The van der Waals surface area contributed by atoms with Gasteiger partial charge in [-0.1, -0.05) is 114 Å². The van der Waals surface area contributed by atoms with Crippen molar-refractivity contribution in [1.29, 1.82) is 0 Å². The minimum atomic E-state index is -2.43. The van der Waals surface area contributed by atoms with Crippen molar-refractivity contribution >= 4 is 8.03 Å². The summed E-state index contributed by atoms with van der Waals surface area (Å²) in [7, 11) is 3.59. The van der Waals surface area contributed by atoms with Crippen molar-refractivity contribution in [3.05, 3.63) is 12.2 Å². The summed E-state index contributed by atoms with van der Waals surface area (Å²) in [5, 5.41) is -0.618. The zero-order valence-corrected chi connectivity index (χ0v) is 23.4. The standard InChI is InChI=1S/C28H57NO2P/c1-6-8-9-10-11-12-13-14-15-16-17-18-19-20-21-22-23-24-25-26-27-28(7-2,32(30)31)29(3,4)5/h22-23H,6-21,24-27H2,1-5H3/q+1/b23-22-. The quantitative estimate of drug-likeness (QED) is 0.0647. The van der Waals surface area contributed by atoms with E-state index in [1.807, 2.05) is 28.1 Å². The van der Waals surface area contributed by atoms with E-state index in [9.17, 15) is 9.46 Å². The molecule has 0 spiro atoms. The Morgan fingerprint density at radius 3 is 1.38 bits per heavy atom. The van der Waals surface area contributed by atoms with Crippen LogP contribution < -0.4 is 4.89 Å². The van der Waals surface area contributed by atoms with Crippen molar-refractivity contribution in [3.63, 3.8) is 0 Å². The molecule has 0 aromatic carbocycles. The number of allylic oxidation sites excluding steroid dienone is 2. The maximum Gasteiger partial charge on any atom is 0.376 e. The van der Waals surface area contributed by atoms with Crippen LogP contribution in [0, 0.1) is 0 Å². The molecule has 0 radical (unpaired) electrons. The van der Waals surface area contributed by atoms with E-state index >= 15 is 0 Å². The summed E-state index contributed by atoms with van der Waals surface area (Å²) in [6.45, 7) is 4.29. The summed E-state index contributed by atoms with van der Waals surface area (Å²) in [5.74, 6) is 0. The molecule has 2 atom stereocenters. The van der Waals surface area contributed by atoms with E-state index in [4.69, 9.17) is 0 Å². The predicted molar refractivity (Wildman–Crippen MR) is 141 cm³/mol. The van der Waals surface area contributed by atoms with E-state index in [2.05, 4.69) is 19.1 Å². The second-order valence-corrected chi connectivity index (χ2v) is 12.1. The summed E-state index contributed by atoms with van der Waals surface area (Å²) < 4.78 is 12.4. The smallest absolute Gasteiger partial charge is 0.376 e. The van der Waals surface area contributed by atoms with Crippen molar-refractivity contribution in [2.45, 2.75) is 148 Å². The molecule has 0 heterocycles. The van der Waals surface area contributed by atoms with Crippen LogP contribution in [0.2, 0.25) is 0 Å². The molecule has 4 heteroatoms. The highest BCUT2D eigenvalue weighted by Crippen LogP contribution is 2.44. The van der Waals surface area contributed by atoms with Gasteiger partial charge in [-0.2, -0.15) is 0 Å². The van der Waals surface area contributed by atoms with Crippen LogP contribution in [0.15, 0.2) is 12.2 Å². The first-order valence-electron chi connectivity index (χ1n) is 13.9. The van der Waals surface area contributed by atoms with Gasteiger partial charge >= 0.3 is 8.03 Å². The molecule has 0 aliphatic carbocycles. The zero-order chi connectivity index (χ0) is 24.1. The number of hydrogen-bond donors (Lipinski definition) is 0. The number of unbranched alkanes of at least 4 members (excludes halogenated alkanes) is 16. The molecule has 0 aromatic rings. The van der Waals surface area contributed by atoms with Crippen LogP contribution in [-0.4, -0.2) is 30.9 Å². The van der Waals surface area contributed by atoms with Gasteiger partial charge in [-0.3, -0.25) is 4.48 Å². The van der Waals surface area contributed by atoms with E-state index in [0.717, 1.165) is 25.7 Å². The van der Waals surface area contributed by atoms with Gasteiger partial charge in [-0.25, -0.2) is 0 Å². The number of hydrogen-bond acceptors (Lipinski definition) is 2. The molecule has 0 rings (SSSR count). The Labute approximate surface area is 202 Å².